The molecule has 2 rings (SSSR count). The minimum absolute atomic E-state index is 0.240. The molecule has 0 amide bonds. The van der Waals surface area contributed by atoms with E-state index in [0.717, 1.165) is 6.42 Å². The van der Waals surface area contributed by atoms with Gasteiger partial charge in [0.1, 0.15) is 16.4 Å². The first kappa shape index (κ1) is 14.3. The van der Waals surface area contributed by atoms with Gasteiger partial charge < -0.3 is 15.2 Å². The van der Waals surface area contributed by atoms with Gasteiger partial charge in [0.2, 0.25) is 0 Å². The fourth-order valence-corrected chi connectivity index (χ4v) is 1.86. The molecule has 2 N–H and O–H groups in total. The molecule has 0 fully saturated rings. The number of rotatable bonds is 5. The molecule has 0 spiro atoms. The molecule has 1 heterocycles. The summed E-state index contributed by atoms with van der Waals surface area (Å²) in [6, 6.07) is 9.31. The molecule has 0 aliphatic carbocycles. The number of pyridine rings is 1. The van der Waals surface area contributed by atoms with Crippen LogP contribution < -0.4 is 15.2 Å². The molecule has 0 atom stereocenters. The smallest absolute Gasteiger partial charge is 0.169 e. The second-order valence-electron chi connectivity index (χ2n) is 4.18. The maximum absolute atomic E-state index is 5.81. The fraction of sp³-hybridized carbons (Fsp3) is 0.200. The molecule has 0 bridgehead atoms. The van der Waals surface area contributed by atoms with Gasteiger partial charge in [-0.15, -0.1) is 0 Å². The number of nitrogens with zero attached hydrogens (tertiary/aromatic N) is 1. The average Bonchev–Trinajstić information content (AvgIpc) is 2.48. The molecule has 0 aliphatic rings. The third kappa shape index (κ3) is 3.24. The minimum atomic E-state index is 0.240. The zero-order valence-electron chi connectivity index (χ0n) is 11.4. The normalized spacial score (nSPS) is 10.1. The van der Waals surface area contributed by atoms with E-state index in [1.807, 2.05) is 18.2 Å². The molecule has 0 unspecified atom stereocenters. The van der Waals surface area contributed by atoms with Gasteiger partial charge in [0, 0.05) is 12.3 Å². The predicted octanol–water partition coefficient (Wildman–Crippen LogP) is 3.08. The van der Waals surface area contributed by atoms with E-state index >= 15 is 0 Å². The number of aryl methyl sites for hydroxylation is 1. The van der Waals surface area contributed by atoms with Crippen molar-refractivity contribution >= 4 is 17.2 Å². The summed E-state index contributed by atoms with van der Waals surface area (Å²) in [5.74, 6) is 1.95. The van der Waals surface area contributed by atoms with Crippen molar-refractivity contribution in [1.29, 1.82) is 0 Å². The Bertz CT molecular complexity index is 629. The number of benzene rings is 1. The van der Waals surface area contributed by atoms with Crippen LogP contribution in [0.25, 0.3) is 0 Å². The van der Waals surface area contributed by atoms with Crippen molar-refractivity contribution < 1.29 is 9.47 Å². The summed E-state index contributed by atoms with van der Waals surface area (Å²) in [6.07, 6.45) is 2.55. The van der Waals surface area contributed by atoms with E-state index in [1.54, 1.807) is 25.4 Å². The lowest BCUT2D eigenvalue weighted by atomic mass is 10.1. The van der Waals surface area contributed by atoms with E-state index in [-0.39, 0.29) is 4.99 Å². The molecule has 0 radical (unpaired) electrons. The van der Waals surface area contributed by atoms with Crippen LogP contribution in [-0.2, 0) is 6.42 Å². The van der Waals surface area contributed by atoms with Gasteiger partial charge in [-0.05, 0) is 30.2 Å². The standard InChI is InChI=1S/C15H16N2O2S/c1-3-10-4-5-13(14(8-10)18-2)19-11-6-7-17-12(9-11)15(16)20/h4-9H,3H2,1-2H3,(H2,16,20). The lowest BCUT2D eigenvalue weighted by molar-refractivity contribution is 0.378. The Hall–Kier alpha value is -2.14. The molecule has 20 heavy (non-hydrogen) atoms. The molecule has 2 aromatic rings. The number of hydrogen-bond acceptors (Lipinski definition) is 4. The summed E-state index contributed by atoms with van der Waals surface area (Å²) in [7, 11) is 1.62. The van der Waals surface area contributed by atoms with Crippen LogP contribution >= 0.6 is 12.2 Å². The Morgan fingerprint density at radius 3 is 2.70 bits per heavy atom. The largest absolute Gasteiger partial charge is 0.493 e. The molecule has 104 valence electrons. The minimum Gasteiger partial charge on any atom is -0.493 e. The zero-order valence-corrected chi connectivity index (χ0v) is 12.2. The van der Waals surface area contributed by atoms with E-state index in [0.29, 0.717) is 22.9 Å². The third-order valence-electron chi connectivity index (χ3n) is 2.85. The maximum Gasteiger partial charge on any atom is 0.169 e. The van der Waals surface area contributed by atoms with Crippen molar-refractivity contribution in [3.63, 3.8) is 0 Å². The first-order chi connectivity index (χ1) is 9.63. The highest BCUT2D eigenvalue weighted by Gasteiger charge is 2.08. The first-order valence-electron chi connectivity index (χ1n) is 6.24. The lowest BCUT2D eigenvalue weighted by Crippen LogP contribution is -2.11. The molecule has 0 aliphatic heterocycles. The highest BCUT2D eigenvalue weighted by atomic mass is 32.1. The van der Waals surface area contributed by atoms with E-state index in [1.165, 1.54) is 5.56 Å². The monoisotopic (exact) mass is 288 g/mol. The molecule has 1 aromatic heterocycles. The molecular formula is C15H16N2O2S. The summed E-state index contributed by atoms with van der Waals surface area (Å²) < 4.78 is 11.2. The quantitative estimate of drug-likeness (QED) is 0.857. The van der Waals surface area contributed by atoms with Crippen molar-refractivity contribution in [1.82, 2.24) is 4.98 Å². The van der Waals surface area contributed by atoms with Gasteiger partial charge in [-0.3, -0.25) is 4.98 Å². The van der Waals surface area contributed by atoms with Crippen molar-refractivity contribution in [3.05, 3.63) is 47.8 Å². The summed E-state index contributed by atoms with van der Waals surface area (Å²) in [4.78, 5) is 4.31. The Balaban J connectivity index is 2.29. The van der Waals surface area contributed by atoms with Crippen molar-refractivity contribution in [2.24, 2.45) is 5.73 Å². The summed E-state index contributed by atoms with van der Waals surface area (Å²) in [5.41, 5.74) is 7.28. The van der Waals surface area contributed by atoms with Crippen LogP contribution in [-0.4, -0.2) is 17.1 Å². The molecule has 0 saturated heterocycles. The second-order valence-corrected chi connectivity index (χ2v) is 4.62. The molecule has 0 saturated carbocycles. The number of thiocarbonyl (C=S) groups is 1. The van der Waals surface area contributed by atoms with Gasteiger partial charge >= 0.3 is 0 Å². The van der Waals surface area contributed by atoms with Crippen LogP contribution in [0.1, 0.15) is 18.2 Å². The summed E-state index contributed by atoms with van der Waals surface area (Å²) in [6.45, 7) is 2.09. The van der Waals surface area contributed by atoms with Crippen LogP contribution in [0.3, 0.4) is 0 Å². The number of ether oxygens (including phenoxy) is 2. The van der Waals surface area contributed by atoms with Gasteiger partial charge in [-0.2, -0.15) is 0 Å². The Kier molecular flexibility index (Phi) is 4.53. The molecule has 4 nitrogen and oxygen atoms in total. The first-order valence-corrected chi connectivity index (χ1v) is 6.65. The number of nitrogens with two attached hydrogens (primary N) is 1. The van der Waals surface area contributed by atoms with Crippen molar-refractivity contribution in [2.75, 3.05) is 7.11 Å². The molecule has 5 heteroatoms. The number of hydrogen-bond donors (Lipinski definition) is 1. The highest BCUT2D eigenvalue weighted by molar-refractivity contribution is 7.80. The Labute approximate surface area is 123 Å². The van der Waals surface area contributed by atoms with Crippen LogP contribution in [0.4, 0.5) is 0 Å². The van der Waals surface area contributed by atoms with Gasteiger partial charge in [0.25, 0.3) is 0 Å². The zero-order chi connectivity index (χ0) is 14.5. The van der Waals surface area contributed by atoms with E-state index < -0.39 is 0 Å². The van der Waals surface area contributed by atoms with Gasteiger partial charge in [0.05, 0.1) is 7.11 Å². The molecular weight excluding hydrogens is 272 g/mol. The van der Waals surface area contributed by atoms with Crippen LogP contribution in [0.15, 0.2) is 36.5 Å². The molecule has 1 aromatic carbocycles. The van der Waals surface area contributed by atoms with Gasteiger partial charge in [0.15, 0.2) is 11.5 Å². The summed E-state index contributed by atoms with van der Waals surface area (Å²) >= 11 is 4.90. The SMILES string of the molecule is CCc1ccc(Oc2ccnc(C(N)=S)c2)c(OC)c1. The van der Waals surface area contributed by atoms with Crippen LogP contribution in [0.5, 0.6) is 17.2 Å². The fourth-order valence-electron chi connectivity index (χ4n) is 1.75. The van der Waals surface area contributed by atoms with Crippen molar-refractivity contribution in [3.8, 4) is 17.2 Å². The average molecular weight is 288 g/mol. The maximum atomic E-state index is 5.81. The topological polar surface area (TPSA) is 57.4 Å². The second kappa shape index (κ2) is 6.34. The van der Waals surface area contributed by atoms with Crippen molar-refractivity contribution in [2.45, 2.75) is 13.3 Å². The van der Waals surface area contributed by atoms with Crippen LogP contribution in [0.2, 0.25) is 0 Å². The van der Waals surface area contributed by atoms with E-state index in [2.05, 4.69) is 11.9 Å². The lowest BCUT2D eigenvalue weighted by Gasteiger charge is -2.12. The third-order valence-corrected chi connectivity index (χ3v) is 3.06. The van der Waals surface area contributed by atoms with Gasteiger partial charge in [-0.25, -0.2) is 0 Å². The van der Waals surface area contributed by atoms with Crippen LogP contribution in [0, 0.1) is 0 Å². The highest BCUT2D eigenvalue weighted by Crippen LogP contribution is 2.32. The van der Waals surface area contributed by atoms with Gasteiger partial charge in [-0.1, -0.05) is 25.2 Å². The predicted molar refractivity (Wildman–Crippen MR) is 82.6 cm³/mol. The Morgan fingerprint density at radius 1 is 1.25 bits per heavy atom. The number of aromatic nitrogens is 1. The Morgan fingerprint density at radius 2 is 2.05 bits per heavy atom. The van der Waals surface area contributed by atoms with E-state index in [4.69, 9.17) is 27.4 Å². The van der Waals surface area contributed by atoms with E-state index in [9.17, 15) is 0 Å². The summed E-state index contributed by atoms with van der Waals surface area (Å²) in [5, 5.41) is 0. The number of methoxy groups -OCH3 is 1.